The Balaban J connectivity index is 1.49. The van der Waals surface area contributed by atoms with Gasteiger partial charge in [0.1, 0.15) is 0 Å². The fourth-order valence-corrected chi connectivity index (χ4v) is 5.14. The minimum atomic E-state index is 0.792. The van der Waals surface area contributed by atoms with Gasteiger partial charge in [0.2, 0.25) is 0 Å². The quantitative estimate of drug-likeness (QED) is 0.788. The van der Waals surface area contributed by atoms with Crippen molar-refractivity contribution < 1.29 is 0 Å². The molecule has 2 bridgehead atoms. The largest absolute Gasteiger partial charge is 0.311 e. The third-order valence-corrected chi connectivity index (χ3v) is 6.29. The van der Waals surface area contributed by atoms with Crippen molar-refractivity contribution in [2.24, 2.45) is 11.8 Å². The van der Waals surface area contributed by atoms with Crippen LogP contribution in [0.25, 0.3) is 0 Å². The van der Waals surface area contributed by atoms with E-state index in [0.717, 1.165) is 23.9 Å². The van der Waals surface area contributed by atoms with Crippen LogP contribution < -0.4 is 5.32 Å². The van der Waals surface area contributed by atoms with Gasteiger partial charge >= 0.3 is 0 Å². The van der Waals surface area contributed by atoms with Gasteiger partial charge in [0.25, 0.3) is 0 Å². The van der Waals surface area contributed by atoms with Crippen LogP contribution in [-0.2, 0) is 12.8 Å². The van der Waals surface area contributed by atoms with Gasteiger partial charge in [-0.2, -0.15) is 0 Å². The first-order chi connectivity index (χ1) is 10.4. The van der Waals surface area contributed by atoms with Gasteiger partial charge in [0, 0.05) is 12.1 Å². The van der Waals surface area contributed by atoms with Crippen LogP contribution in [0.5, 0.6) is 0 Å². The van der Waals surface area contributed by atoms with Gasteiger partial charge in [0.05, 0.1) is 0 Å². The van der Waals surface area contributed by atoms with Crippen LogP contribution >= 0.6 is 0 Å². The van der Waals surface area contributed by atoms with E-state index in [4.69, 9.17) is 0 Å². The Labute approximate surface area is 129 Å². The Morgan fingerprint density at radius 2 is 1.29 bits per heavy atom. The summed E-state index contributed by atoms with van der Waals surface area (Å²) in [5.74, 6) is 1.78. The molecule has 3 aliphatic carbocycles. The maximum atomic E-state index is 4.13. The molecule has 1 nitrogen and oxygen atoms in total. The molecule has 0 radical (unpaired) electrons. The molecule has 4 rings (SSSR count). The Morgan fingerprint density at radius 1 is 0.714 bits per heavy atom. The maximum Gasteiger partial charge on any atom is 0.0132 e. The number of fused-ring (bicyclic) bond motifs is 3. The Hall–Kier alpha value is -0.820. The third kappa shape index (κ3) is 2.90. The first-order valence-corrected chi connectivity index (χ1v) is 9.23. The van der Waals surface area contributed by atoms with Crippen molar-refractivity contribution in [3.63, 3.8) is 0 Å². The molecule has 2 saturated carbocycles. The van der Waals surface area contributed by atoms with Crippen molar-refractivity contribution in [3.8, 4) is 0 Å². The van der Waals surface area contributed by atoms with Crippen molar-refractivity contribution in [2.75, 3.05) is 0 Å². The number of nitrogens with one attached hydrogen (secondary N) is 1. The minimum absolute atomic E-state index is 0.792. The number of rotatable bonds is 2. The van der Waals surface area contributed by atoms with Gasteiger partial charge in [-0.15, -0.1) is 0 Å². The zero-order valence-corrected chi connectivity index (χ0v) is 13.2. The fourth-order valence-electron chi connectivity index (χ4n) is 5.14. The molecule has 2 fully saturated rings. The summed E-state index contributed by atoms with van der Waals surface area (Å²) >= 11 is 0. The highest BCUT2D eigenvalue weighted by atomic mass is 15.0. The average Bonchev–Trinajstić information content (AvgIpc) is 2.68. The van der Waals surface area contributed by atoms with Gasteiger partial charge < -0.3 is 5.32 Å². The summed E-state index contributed by atoms with van der Waals surface area (Å²) in [6.07, 6.45) is 14.2. The van der Waals surface area contributed by atoms with Crippen LogP contribution in [0.4, 0.5) is 0 Å². The molecule has 0 aliphatic heterocycles. The first-order valence-electron chi connectivity index (χ1n) is 9.23. The number of hydrogen-bond donors (Lipinski definition) is 1. The van der Waals surface area contributed by atoms with Crippen LogP contribution in [0.3, 0.4) is 0 Å². The second-order valence-corrected chi connectivity index (χ2v) is 7.66. The summed E-state index contributed by atoms with van der Waals surface area (Å²) < 4.78 is 0. The summed E-state index contributed by atoms with van der Waals surface area (Å²) in [6, 6.07) is 10.8. The molecule has 0 spiro atoms. The second-order valence-electron chi connectivity index (χ2n) is 7.66. The molecule has 2 unspecified atom stereocenters. The van der Waals surface area contributed by atoms with Gasteiger partial charge in [-0.1, -0.05) is 49.9 Å². The predicted octanol–water partition coefficient (Wildman–Crippen LogP) is 4.49. The van der Waals surface area contributed by atoms with Crippen LogP contribution in [0.1, 0.15) is 62.5 Å². The van der Waals surface area contributed by atoms with Crippen molar-refractivity contribution in [1.82, 2.24) is 5.32 Å². The topological polar surface area (TPSA) is 12.0 Å². The molecule has 3 aliphatic rings. The lowest BCUT2D eigenvalue weighted by atomic mass is 9.93. The van der Waals surface area contributed by atoms with E-state index in [0.29, 0.717) is 0 Å². The van der Waals surface area contributed by atoms with E-state index in [9.17, 15) is 0 Å². The SMILES string of the molecule is c1ccc2c(c1)CC1CCC(C2)C1NC1CCCCCC1. The summed E-state index contributed by atoms with van der Waals surface area (Å²) in [6.45, 7) is 0. The third-order valence-electron chi connectivity index (χ3n) is 6.29. The lowest BCUT2D eigenvalue weighted by Crippen LogP contribution is -2.44. The molecule has 1 N–H and O–H groups in total. The molecule has 1 heteroatoms. The van der Waals surface area contributed by atoms with E-state index in [2.05, 4.69) is 29.6 Å². The molecule has 0 aromatic heterocycles. The van der Waals surface area contributed by atoms with Crippen LogP contribution in [0.2, 0.25) is 0 Å². The van der Waals surface area contributed by atoms with Crippen LogP contribution in [0.15, 0.2) is 24.3 Å². The van der Waals surface area contributed by atoms with E-state index >= 15 is 0 Å². The molecule has 0 heterocycles. The molecule has 2 atom stereocenters. The van der Waals surface area contributed by atoms with Crippen molar-refractivity contribution in [2.45, 2.75) is 76.3 Å². The monoisotopic (exact) mass is 283 g/mol. The number of benzene rings is 1. The van der Waals surface area contributed by atoms with E-state index in [-0.39, 0.29) is 0 Å². The van der Waals surface area contributed by atoms with Crippen LogP contribution in [0, 0.1) is 11.8 Å². The van der Waals surface area contributed by atoms with E-state index in [1.807, 2.05) is 0 Å². The van der Waals surface area contributed by atoms with E-state index in [1.54, 1.807) is 11.1 Å². The lowest BCUT2D eigenvalue weighted by Gasteiger charge is -2.29. The zero-order chi connectivity index (χ0) is 14.1. The van der Waals surface area contributed by atoms with Crippen LogP contribution in [-0.4, -0.2) is 12.1 Å². The lowest BCUT2D eigenvalue weighted by molar-refractivity contribution is 0.291. The molecule has 21 heavy (non-hydrogen) atoms. The van der Waals surface area contributed by atoms with Crippen molar-refractivity contribution in [3.05, 3.63) is 35.4 Å². The van der Waals surface area contributed by atoms with E-state index < -0.39 is 0 Å². The highest BCUT2D eigenvalue weighted by Crippen LogP contribution is 2.40. The fraction of sp³-hybridized carbons (Fsp3) is 0.700. The predicted molar refractivity (Wildman–Crippen MR) is 88.5 cm³/mol. The summed E-state index contributed by atoms with van der Waals surface area (Å²) in [5.41, 5.74) is 3.27. The smallest absolute Gasteiger partial charge is 0.0132 e. The molecular weight excluding hydrogens is 254 g/mol. The molecule has 114 valence electrons. The summed E-state index contributed by atoms with van der Waals surface area (Å²) in [5, 5.41) is 4.13. The summed E-state index contributed by atoms with van der Waals surface area (Å²) in [4.78, 5) is 0. The highest BCUT2D eigenvalue weighted by Gasteiger charge is 2.39. The number of hydrogen-bond acceptors (Lipinski definition) is 1. The summed E-state index contributed by atoms with van der Waals surface area (Å²) in [7, 11) is 0. The van der Waals surface area contributed by atoms with Gasteiger partial charge in [-0.05, 0) is 61.5 Å². The molecule has 0 saturated heterocycles. The average molecular weight is 283 g/mol. The highest BCUT2D eigenvalue weighted by molar-refractivity contribution is 5.30. The minimum Gasteiger partial charge on any atom is -0.311 e. The Kier molecular flexibility index (Phi) is 4.03. The maximum absolute atomic E-state index is 4.13. The second kappa shape index (κ2) is 6.12. The molecular formula is C20H29N. The Morgan fingerprint density at radius 3 is 1.86 bits per heavy atom. The zero-order valence-electron chi connectivity index (χ0n) is 13.2. The molecule has 1 aromatic carbocycles. The van der Waals surface area contributed by atoms with Gasteiger partial charge in [0.15, 0.2) is 0 Å². The Bertz CT molecular complexity index is 439. The van der Waals surface area contributed by atoms with Gasteiger partial charge in [-0.3, -0.25) is 0 Å². The molecule has 1 aromatic rings. The normalized spacial score (nSPS) is 33.2. The van der Waals surface area contributed by atoms with Gasteiger partial charge in [-0.25, -0.2) is 0 Å². The first kappa shape index (κ1) is 13.8. The van der Waals surface area contributed by atoms with E-state index in [1.165, 1.54) is 64.2 Å². The standard InChI is InChI=1S/C20H29N/c1-2-4-10-19(9-3-1)21-20-17-11-12-18(20)14-16-8-6-5-7-15(16)13-17/h5-8,17-21H,1-4,9-14H2. The molecule has 0 amide bonds. The van der Waals surface area contributed by atoms with Crippen molar-refractivity contribution >= 4 is 0 Å². The van der Waals surface area contributed by atoms with Crippen molar-refractivity contribution in [1.29, 1.82) is 0 Å².